The zero-order valence-corrected chi connectivity index (χ0v) is 18.5. The summed E-state index contributed by atoms with van der Waals surface area (Å²) >= 11 is 0. The highest BCUT2D eigenvalue weighted by atomic mass is 32.2. The lowest BCUT2D eigenvalue weighted by atomic mass is 10.1. The number of nitrogens with one attached hydrogen (secondary N) is 1. The molecule has 0 bridgehead atoms. The fourth-order valence-corrected chi connectivity index (χ4v) is 4.97. The van der Waals surface area contributed by atoms with Crippen LogP contribution in [0.2, 0.25) is 0 Å². The van der Waals surface area contributed by atoms with Crippen LogP contribution in [-0.2, 0) is 27.9 Å². The summed E-state index contributed by atoms with van der Waals surface area (Å²) in [5.41, 5.74) is 1.94. The first-order valence-corrected chi connectivity index (χ1v) is 12.0. The monoisotopic (exact) mass is 451 g/mol. The predicted molar refractivity (Wildman–Crippen MR) is 116 cm³/mol. The molecule has 1 amide bonds. The zero-order valence-electron chi connectivity index (χ0n) is 17.6. The van der Waals surface area contributed by atoms with E-state index in [1.54, 1.807) is 0 Å². The Bertz CT molecular complexity index is 1040. The molecule has 168 valence electrons. The second kappa shape index (κ2) is 9.74. The zero-order chi connectivity index (χ0) is 22.6. The van der Waals surface area contributed by atoms with Gasteiger partial charge < -0.3 is 5.32 Å². The Morgan fingerprint density at radius 3 is 2.42 bits per heavy atom. The lowest BCUT2D eigenvalue weighted by Gasteiger charge is -2.28. The predicted octanol–water partition coefficient (Wildman–Crippen LogP) is 3.03. The second-order valence-corrected chi connectivity index (χ2v) is 9.71. The normalized spacial score (nSPS) is 15.6. The molecule has 0 unspecified atom stereocenters. The first kappa shape index (κ1) is 23.1. The highest BCUT2D eigenvalue weighted by molar-refractivity contribution is 7.92. The molecule has 0 saturated carbocycles. The maximum atomic E-state index is 13.6. The number of carbonyl (C=O) groups is 1. The van der Waals surface area contributed by atoms with E-state index in [1.165, 1.54) is 19.8 Å². The lowest BCUT2D eigenvalue weighted by Crippen LogP contribution is -2.47. The third-order valence-corrected chi connectivity index (χ3v) is 6.55. The number of hydrogen-bond acceptors (Lipinski definition) is 4. The first-order chi connectivity index (χ1) is 14.6. The summed E-state index contributed by atoms with van der Waals surface area (Å²) in [7, 11) is -3.92. The largest absolute Gasteiger partial charge is 0.350 e. The average Bonchev–Trinajstić information content (AvgIpc) is 3.21. The molecule has 6 nitrogen and oxygen atoms in total. The molecule has 1 fully saturated rings. The number of nitrogens with zero attached hydrogens (tertiary/aromatic N) is 2. The minimum absolute atomic E-state index is 0.114. The van der Waals surface area contributed by atoms with Crippen molar-refractivity contribution in [2.24, 2.45) is 0 Å². The quantitative estimate of drug-likeness (QED) is 0.670. The van der Waals surface area contributed by atoms with Crippen molar-refractivity contribution in [1.29, 1.82) is 0 Å². The van der Waals surface area contributed by atoms with Crippen molar-refractivity contribution in [1.82, 2.24) is 10.2 Å². The summed E-state index contributed by atoms with van der Waals surface area (Å²) in [5.74, 6) is -2.82. The van der Waals surface area contributed by atoms with Crippen LogP contribution in [0.25, 0.3) is 0 Å². The number of carbonyl (C=O) groups excluding carboxylic acids is 1. The van der Waals surface area contributed by atoms with E-state index in [4.69, 9.17) is 0 Å². The minimum atomic E-state index is -3.92. The molecule has 2 aromatic rings. The Morgan fingerprint density at radius 2 is 1.77 bits per heavy atom. The fraction of sp³-hybridized carbons (Fsp3) is 0.409. The number of sulfonamides is 1. The van der Waals surface area contributed by atoms with Crippen LogP contribution in [0.1, 0.15) is 30.9 Å². The fourth-order valence-electron chi connectivity index (χ4n) is 3.80. The number of hydrogen-bond donors (Lipinski definition) is 1. The molecule has 0 aliphatic carbocycles. The molecule has 1 atom stereocenters. The molecule has 2 aromatic carbocycles. The van der Waals surface area contributed by atoms with E-state index < -0.39 is 33.6 Å². The van der Waals surface area contributed by atoms with Crippen LogP contribution in [0.5, 0.6) is 0 Å². The van der Waals surface area contributed by atoms with Gasteiger partial charge in [0, 0.05) is 19.2 Å². The van der Waals surface area contributed by atoms with Gasteiger partial charge in [-0.2, -0.15) is 0 Å². The molecule has 1 saturated heterocycles. The van der Waals surface area contributed by atoms with E-state index in [-0.39, 0.29) is 12.2 Å². The number of rotatable bonds is 8. The number of amides is 1. The van der Waals surface area contributed by atoms with E-state index in [0.717, 1.165) is 59.5 Å². The number of benzene rings is 2. The van der Waals surface area contributed by atoms with Gasteiger partial charge in [-0.05, 0) is 56.1 Å². The molecule has 1 aliphatic heterocycles. The van der Waals surface area contributed by atoms with Gasteiger partial charge in [-0.15, -0.1) is 0 Å². The second-order valence-electron chi connectivity index (χ2n) is 7.85. The van der Waals surface area contributed by atoms with Gasteiger partial charge in [-0.3, -0.25) is 14.0 Å². The van der Waals surface area contributed by atoms with Gasteiger partial charge in [0.05, 0.1) is 11.9 Å². The molecular weight excluding hydrogens is 424 g/mol. The van der Waals surface area contributed by atoms with Gasteiger partial charge in [0.2, 0.25) is 15.9 Å². The van der Waals surface area contributed by atoms with Crippen molar-refractivity contribution in [3.8, 4) is 0 Å². The van der Waals surface area contributed by atoms with Crippen molar-refractivity contribution >= 4 is 21.6 Å². The molecule has 0 spiro atoms. The van der Waals surface area contributed by atoms with Crippen molar-refractivity contribution in [3.05, 3.63) is 65.2 Å². The summed E-state index contributed by atoms with van der Waals surface area (Å²) in [5, 5.41) is 2.74. The Labute approximate surface area is 181 Å². The Kier molecular flexibility index (Phi) is 7.27. The number of halogens is 2. The molecule has 3 rings (SSSR count). The summed E-state index contributed by atoms with van der Waals surface area (Å²) in [4.78, 5) is 15.1. The van der Waals surface area contributed by atoms with Crippen molar-refractivity contribution in [3.63, 3.8) is 0 Å². The lowest BCUT2D eigenvalue weighted by molar-refractivity contribution is -0.122. The Hall–Kier alpha value is -2.52. The highest BCUT2D eigenvalue weighted by Gasteiger charge is 2.29. The maximum absolute atomic E-state index is 13.6. The Balaban J connectivity index is 1.68. The molecule has 1 aliphatic rings. The molecular formula is C22H27F2N3O3S. The average molecular weight is 452 g/mol. The smallest absolute Gasteiger partial charge is 0.243 e. The van der Waals surface area contributed by atoms with Crippen LogP contribution in [0, 0.1) is 11.6 Å². The molecule has 1 N–H and O–H groups in total. The summed E-state index contributed by atoms with van der Waals surface area (Å²) in [6.07, 6.45) is 3.34. The standard InChI is InChI=1S/C22H27F2N3O3S/c1-16(27(31(2,29)30)19-8-9-20(23)21(24)13-19)22(28)25-14-17-6-5-7-18(12-17)15-26-10-3-4-11-26/h5-9,12-13,16H,3-4,10-11,14-15H2,1-2H3,(H,25,28)/t16-/m1/s1. The SMILES string of the molecule is C[C@H](C(=O)NCc1cccc(CN2CCCC2)c1)N(c1ccc(F)c(F)c1)S(C)(=O)=O. The van der Waals surface area contributed by atoms with Crippen LogP contribution in [0.4, 0.5) is 14.5 Å². The van der Waals surface area contributed by atoms with E-state index >= 15 is 0 Å². The van der Waals surface area contributed by atoms with E-state index in [1.807, 2.05) is 24.3 Å². The molecule has 9 heteroatoms. The van der Waals surface area contributed by atoms with Crippen LogP contribution in [-0.4, -0.2) is 44.6 Å². The number of anilines is 1. The van der Waals surface area contributed by atoms with Crippen LogP contribution >= 0.6 is 0 Å². The van der Waals surface area contributed by atoms with E-state index in [2.05, 4.69) is 10.2 Å². The van der Waals surface area contributed by atoms with E-state index in [9.17, 15) is 22.0 Å². The molecule has 1 heterocycles. The number of likely N-dealkylation sites (tertiary alicyclic amines) is 1. The van der Waals surface area contributed by atoms with E-state index in [0.29, 0.717) is 0 Å². The first-order valence-electron chi connectivity index (χ1n) is 10.2. The molecule has 0 aromatic heterocycles. The van der Waals surface area contributed by atoms with Crippen LogP contribution in [0.3, 0.4) is 0 Å². The van der Waals surface area contributed by atoms with Gasteiger partial charge in [0.1, 0.15) is 6.04 Å². The summed E-state index contributed by atoms with van der Waals surface area (Å²) < 4.78 is 52.3. The summed E-state index contributed by atoms with van der Waals surface area (Å²) in [6, 6.07) is 9.47. The van der Waals surface area contributed by atoms with Gasteiger partial charge in [-0.25, -0.2) is 17.2 Å². The van der Waals surface area contributed by atoms with Gasteiger partial charge in [0.25, 0.3) is 0 Å². The van der Waals surface area contributed by atoms with Gasteiger partial charge in [0.15, 0.2) is 11.6 Å². The van der Waals surface area contributed by atoms with Crippen molar-refractivity contribution in [2.45, 2.75) is 38.9 Å². The molecule has 0 radical (unpaired) electrons. The van der Waals surface area contributed by atoms with Crippen LogP contribution < -0.4 is 9.62 Å². The van der Waals surface area contributed by atoms with Gasteiger partial charge >= 0.3 is 0 Å². The van der Waals surface area contributed by atoms with Crippen molar-refractivity contribution in [2.75, 3.05) is 23.7 Å². The topological polar surface area (TPSA) is 69.7 Å². The van der Waals surface area contributed by atoms with Crippen LogP contribution in [0.15, 0.2) is 42.5 Å². The Morgan fingerprint density at radius 1 is 1.10 bits per heavy atom. The highest BCUT2D eigenvalue weighted by Crippen LogP contribution is 2.23. The van der Waals surface area contributed by atoms with Gasteiger partial charge in [-0.1, -0.05) is 24.3 Å². The maximum Gasteiger partial charge on any atom is 0.243 e. The third-order valence-electron chi connectivity index (χ3n) is 5.31. The minimum Gasteiger partial charge on any atom is -0.350 e. The summed E-state index contributed by atoms with van der Waals surface area (Å²) in [6.45, 7) is 4.66. The molecule has 31 heavy (non-hydrogen) atoms. The third kappa shape index (κ3) is 6.01. The van der Waals surface area contributed by atoms with Crippen molar-refractivity contribution < 1.29 is 22.0 Å².